The molecule has 8 heteroatoms. The van der Waals surface area contributed by atoms with E-state index in [1.54, 1.807) is 7.11 Å². The topological polar surface area (TPSA) is 139 Å². The van der Waals surface area contributed by atoms with E-state index in [2.05, 4.69) is 5.32 Å². The Balaban J connectivity index is 0.000000479. The highest BCUT2D eigenvalue weighted by atomic mass is 16.5. The first kappa shape index (κ1) is 24.4. The van der Waals surface area contributed by atoms with Crippen molar-refractivity contribution in [3.8, 4) is 5.75 Å². The molecule has 0 aromatic heterocycles. The van der Waals surface area contributed by atoms with Crippen LogP contribution in [-0.2, 0) is 26.3 Å². The second-order valence-electron chi connectivity index (χ2n) is 6.49. The number of methoxy groups -OCH3 is 1. The van der Waals surface area contributed by atoms with Gasteiger partial charge in [-0.25, -0.2) is 9.59 Å². The summed E-state index contributed by atoms with van der Waals surface area (Å²) in [4.78, 5) is 30.9. The predicted octanol–water partition coefficient (Wildman–Crippen LogP) is 1.94. The van der Waals surface area contributed by atoms with Gasteiger partial charge in [-0.2, -0.15) is 0 Å². The minimum Gasteiger partial charge on any atom is -0.497 e. The van der Waals surface area contributed by atoms with Crippen molar-refractivity contribution in [3.63, 3.8) is 0 Å². The third-order valence-corrected chi connectivity index (χ3v) is 4.10. The lowest BCUT2D eigenvalue weighted by Gasteiger charge is -2.32. The molecule has 0 heterocycles. The Morgan fingerprint density at radius 2 is 1.53 bits per heavy atom. The molecule has 0 fully saturated rings. The van der Waals surface area contributed by atoms with Gasteiger partial charge in [0.25, 0.3) is 0 Å². The Labute approximate surface area is 175 Å². The molecule has 160 valence electrons. The summed E-state index contributed by atoms with van der Waals surface area (Å²) in [5.74, 6) is -1.86. The van der Waals surface area contributed by atoms with Crippen molar-refractivity contribution in [2.45, 2.75) is 18.9 Å². The normalized spacial score (nSPS) is 12.2. The number of aliphatic carboxylic acids is 2. The number of carboxylic acids is 2. The molecule has 0 saturated carbocycles. The number of nitrogens with one attached hydrogen (secondary N) is 1. The maximum Gasteiger partial charge on any atom is 0.328 e. The first-order valence-corrected chi connectivity index (χ1v) is 9.03. The molecule has 30 heavy (non-hydrogen) atoms. The van der Waals surface area contributed by atoms with Crippen LogP contribution in [0.25, 0.3) is 0 Å². The lowest BCUT2D eigenvalue weighted by Crippen LogP contribution is -2.47. The summed E-state index contributed by atoms with van der Waals surface area (Å²) in [5, 5.41) is 18.7. The summed E-state index contributed by atoms with van der Waals surface area (Å²) in [6.45, 7) is 1.99. The minimum absolute atomic E-state index is 0.0228. The van der Waals surface area contributed by atoms with Gasteiger partial charge < -0.3 is 26.0 Å². The van der Waals surface area contributed by atoms with E-state index >= 15 is 0 Å². The third kappa shape index (κ3) is 8.57. The lowest BCUT2D eigenvalue weighted by atomic mass is 9.85. The fourth-order valence-corrected chi connectivity index (χ4v) is 2.68. The van der Waals surface area contributed by atoms with Crippen molar-refractivity contribution in [3.05, 3.63) is 77.9 Å². The lowest BCUT2D eigenvalue weighted by molar-refractivity contribution is -0.134. The van der Waals surface area contributed by atoms with Crippen LogP contribution in [0.4, 0.5) is 0 Å². The van der Waals surface area contributed by atoms with Gasteiger partial charge in [-0.1, -0.05) is 42.5 Å². The van der Waals surface area contributed by atoms with Gasteiger partial charge in [-0.05, 0) is 36.6 Å². The molecule has 0 aliphatic carbocycles. The van der Waals surface area contributed by atoms with Crippen molar-refractivity contribution in [1.82, 2.24) is 5.32 Å². The number of ether oxygens (including phenoxy) is 1. The minimum atomic E-state index is -1.26. The Hall–Kier alpha value is -3.65. The van der Waals surface area contributed by atoms with E-state index in [1.807, 2.05) is 61.5 Å². The number of carbonyl (C=O) groups excluding carboxylic acids is 1. The van der Waals surface area contributed by atoms with Crippen molar-refractivity contribution in [2.75, 3.05) is 13.7 Å². The highest BCUT2D eigenvalue weighted by Gasteiger charge is 2.28. The average Bonchev–Trinajstić information content (AvgIpc) is 2.73. The summed E-state index contributed by atoms with van der Waals surface area (Å²) in [6, 6.07) is 17.8. The van der Waals surface area contributed by atoms with Gasteiger partial charge in [0.05, 0.1) is 19.2 Å². The second-order valence-corrected chi connectivity index (χ2v) is 6.49. The zero-order chi connectivity index (χ0) is 22.6. The Morgan fingerprint density at radius 1 is 1.00 bits per heavy atom. The molecule has 0 radical (unpaired) electrons. The van der Waals surface area contributed by atoms with E-state index in [4.69, 9.17) is 20.7 Å². The van der Waals surface area contributed by atoms with Crippen molar-refractivity contribution in [2.24, 2.45) is 5.73 Å². The van der Waals surface area contributed by atoms with E-state index < -0.39 is 17.5 Å². The Kier molecular flexibility index (Phi) is 9.78. The van der Waals surface area contributed by atoms with Gasteiger partial charge in [0.2, 0.25) is 5.91 Å². The molecule has 0 spiro atoms. The molecule has 1 atom stereocenters. The zero-order valence-corrected chi connectivity index (χ0v) is 16.9. The quantitative estimate of drug-likeness (QED) is 0.484. The molecule has 0 saturated heterocycles. The average molecular weight is 414 g/mol. The van der Waals surface area contributed by atoms with Crippen LogP contribution >= 0.6 is 0 Å². The van der Waals surface area contributed by atoms with E-state index in [9.17, 15) is 14.4 Å². The van der Waals surface area contributed by atoms with Gasteiger partial charge in [-0.3, -0.25) is 4.79 Å². The number of hydrogen-bond acceptors (Lipinski definition) is 5. The van der Waals surface area contributed by atoms with Gasteiger partial charge >= 0.3 is 11.9 Å². The standard InChI is InChI=1S/C18H22N2O2.C4H4O4/c1-18(20-17(21)13-19,15-6-4-3-5-7-15)12-14-8-10-16(22-2)11-9-14;5-3(6)1-2-4(7)8/h3-11H,12-13,19H2,1-2H3,(H,20,21);1-2H,(H,5,6)(H,7,8)/b;2-1-. The number of amides is 1. The van der Waals surface area contributed by atoms with Crippen LogP contribution < -0.4 is 15.8 Å². The summed E-state index contributed by atoms with van der Waals surface area (Å²) in [5.41, 5.74) is 7.12. The first-order valence-electron chi connectivity index (χ1n) is 9.03. The van der Waals surface area contributed by atoms with Gasteiger partial charge in [0.1, 0.15) is 5.75 Å². The molecule has 0 bridgehead atoms. The van der Waals surface area contributed by atoms with Crippen molar-refractivity contribution < 1.29 is 29.3 Å². The molecule has 8 nitrogen and oxygen atoms in total. The fourth-order valence-electron chi connectivity index (χ4n) is 2.68. The van der Waals surface area contributed by atoms with Crippen LogP contribution in [0.15, 0.2) is 66.7 Å². The van der Waals surface area contributed by atoms with Gasteiger partial charge in [-0.15, -0.1) is 0 Å². The number of carboxylic acid groups (broad SMARTS) is 2. The number of rotatable bonds is 8. The van der Waals surface area contributed by atoms with Gasteiger partial charge in [0, 0.05) is 12.2 Å². The summed E-state index contributed by atoms with van der Waals surface area (Å²) in [7, 11) is 1.64. The molecule has 2 rings (SSSR count). The Bertz CT molecular complexity index is 849. The molecule has 1 amide bonds. The molecule has 0 aliphatic heterocycles. The second kappa shape index (κ2) is 12.0. The molecule has 1 unspecified atom stereocenters. The van der Waals surface area contributed by atoms with Crippen LogP contribution in [0.2, 0.25) is 0 Å². The zero-order valence-electron chi connectivity index (χ0n) is 16.9. The van der Waals surface area contributed by atoms with E-state index in [0.717, 1.165) is 16.9 Å². The highest BCUT2D eigenvalue weighted by Crippen LogP contribution is 2.26. The number of nitrogens with two attached hydrogens (primary N) is 1. The summed E-state index contributed by atoms with van der Waals surface area (Å²) < 4.78 is 5.18. The molecule has 0 aliphatic rings. The Morgan fingerprint density at radius 3 is 1.97 bits per heavy atom. The van der Waals surface area contributed by atoms with Crippen LogP contribution in [0, 0.1) is 0 Å². The molecule has 2 aromatic rings. The first-order chi connectivity index (χ1) is 14.2. The molecular weight excluding hydrogens is 388 g/mol. The number of carbonyl (C=O) groups is 3. The number of benzene rings is 2. The van der Waals surface area contributed by atoms with Crippen LogP contribution in [0.5, 0.6) is 5.75 Å². The predicted molar refractivity (Wildman–Crippen MR) is 112 cm³/mol. The number of hydrogen-bond donors (Lipinski definition) is 4. The van der Waals surface area contributed by atoms with Crippen molar-refractivity contribution in [1.29, 1.82) is 0 Å². The largest absolute Gasteiger partial charge is 0.497 e. The van der Waals surface area contributed by atoms with Crippen LogP contribution in [0.1, 0.15) is 18.1 Å². The van der Waals surface area contributed by atoms with E-state index in [0.29, 0.717) is 18.6 Å². The maximum absolute atomic E-state index is 11.8. The monoisotopic (exact) mass is 414 g/mol. The SMILES string of the molecule is COc1ccc(CC(C)(NC(=O)CN)c2ccccc2)cc1.O=C(O)/C=C\C(=O)O. The van der Waals surface area contributed by atoms with Crippen molar-refractivity contribution >= 4 is 17.8 Å². The summed E-state index contributed by atoms with van der Waals surface area (Å²) in [6.07, 6.45) is 1.79. The molecule has 2 aromatic carbocycles. The maximum atomic E-state index is 11.8. The summed E-state index contributed by atoms with van der Waals surface area (Å²) >= 11 is 0. The third-order valence-electron chi connectivity index (χ3n) is 4.10. The van der Waals surface area contributed by atoms with Crippen LogP contribution in [-0.4, -0.2) is 41.7 Å². The fraction of sp³-hybridized carbons (Fsp3) is 0.227. The smallest absolute Gasteiger partial charge is 0.328 e. The van der Waals surface area contributed by atoms with E-state index in [1.165, 1.54) is 0 Å². The van der Waals surface area contributed by atoms with E-state index in [-0.39, 0.29) is 12.5 Å². The molecule has 5 N–H and O–H groups in total. The molecular formula is C22H26N2O6. The highest BCUT2D eigenvalue weighted by molar-refractivity contribution is 5.89. The van der Waals surface area contributed by atoms with Crippen LogP contribution in [0.3, 0.4) is 0 Å². The van der Waals surface area contributed by atoms with Gasteiger partial charge in [0.15, 0.2) is 0 Å².